The molecule has 1 N–H and O–H groups in total. The first-order chi connectivity index (χ1) is 15.2. The van der Waals surface area contributed by atoms with Gasteiger partial charge in [-0.25, -0.2) is 8.42 Å². The van der Waals surface area contributed by atoms with Crippen molar-refractivity contribution in [2.75, 3.05) is 29.9 Å². The molecule has 2 saturated heterocycles. The lowest BCUT2D eigenvalue weighted by Gasteiger charge is -2.25. The Bertz CT molecular complexity index is 1100. The number of hydrogen-bond acceptors (Lipinski definition) is 4. The number of nitrogens with zero attached hydrogens (tertiary/aromatic N) is 2. The first kappa shape index (κ1) is 22.5. The number of piperidine rings is 1. The summed E-state index contributed by atoms with van der Waals surface area (Å²) in [5.74, 6) is -0.768. The molecule has 2 aliphatic rings. The number of nitrogens with one attached hydrogen (secondary N) is 1. The molecule has 7 nitrogen and oxygen atoms in total. The van der Waals surface area contributed by atoms with Crippen LogP contribution in [-0.4, -0.2) is 44.2 Å². The summed E-state index contributed by atoms with van der Waals surface area (Å²) in [6, 6.07) is 12.2. The normalized spacial score (nSPS) is 19.9. The summed E-state index contributed by atoms with van der Waals surface area (Å²) >= 11 is 0. The number of hydrogen-bond donors (Lipinski definition) is 1. The molecule has 0 radical (unpaired) electrons. The molecule has 2 heterocycles. The third-order valence-electron chi connectivity index (χ3n) is 6.09. The van der Waals surface area contributed by atoms with Gasteiger partial charge in [0, 0.05) is 37.4 Å². The first-order valence-corrected chi connectivity index (χ1v) is 12.5. The maximum absolute atomic E-state index is 12.8. The van der Waals surface area contributed by atoms with Gasteiger partial charge in [-0.3, -0.25) is 9.59 Å². The maximum Gasteiger partial charge on any atom is 0.243 e. The van der Waals surface area contributed by atoms with Crippen LogP contribution in [0.25, 0.3) is 0 Å². The largest absolute Gasteiger partial charge is 0.326 e. The third-order valence-corrected chi connectivity index (χ3v) is 8.00. The van der Waals surface area contributed by atoms with Crippen LogP contribution >= 0.6 is 0 Å². The van der Waals surface area contributed by atoms with Gasteiger partial charge < -0.3 is 10.2 Å². The van der Waals surface area contributed by atoms with Crippen LogP contribution in [0, 0.1) is 19.8 Å². The van der Waals surface area contributed by atoms with Crippen LogP contribution in [0.5, 0.6) is 0 Å². The van der Waals surface area contributed by atoms with E-state index in [9.17, 15) is 18.0 Å². The monoisotopic (exact) mass is 455 g/mol. The summed E-state index contributed by atoms with van der Waals surface area (Å²) in [7, 11) is -3.51. The maximum atomic E-state index is 12.8. The molecule has 2 aromatic carbocycles. The Labute approximate surface area is 189 Å². The second-order valence-electron chi connectivity index (χ2n) is 8.73. The average molecular weight is 456 g/mol. The quantitative estimate of drug-likeness (QED) is 0.748. The average Bonchev–Trinajstić information content (AvgIpc) is 3.16. The van der Waals surface area contributed by atoms with E-state index >= 15 is 0 Å². The Morgan fingerprint density at radius 1 is 0.969 bits per heavy atom. The molecule has 1 atom stereocenters. The molecule has 0 spiro atoms. The van der Waals surface area contributed by atoms with Crippen molar-refractivity contribution in [2.24, 2.45) is 5.92 Å². The molecule has 0 aromatic heterocycles. The topological polar surface area (TPSA) is 86.8 Å². The van der Waals surface area contributed by atoms with E-state index in [4.69, 9.17) is 0 Å². The Morgan fingerprint density at radius 2 is 1.59 bits per heavy atom. The second-order valence-corrected chi connectivity index (χ2v) is 10.7. The Kier molecular flexibility index (Phi) is 6.35. The summed E-state index contributed by atoms with van der Waals surface area (Å²) < 4.78 is 27.1. The molecule has 2 amide bonds. The summed E-state index contributed by atoms with van der Waals surface area (Å²) in [5.41, 5.74) is 3.47. The SMILES string of the molecule is Cc1cc(C)cc(N2CC(C(=O)Nc3ccc(S(=O)(=O)N4CCCCC4)cc3)CC2=O)c1. The standard InChI is InChI=1S/C24H29N3O4S/c1-17-12-18(2)14-21(13-17)27-16-19(15-23(27)28)24(29)25-20-6-8-22(9-7-20)32(30,31)26-10-4-3-5-11-26/h6-9,12-14,19H,3-5,10-11,15-16H2,1-2H3,(H,25,29). The third kappa shape index (κ3) is 4.71. The highest BCUT2D eigenvalue weighted by Crippen LogP contribution is 2.28. The molecule has 2 fully saturated rings. The van der Waals surface area contributed by atoms with E-state index in [1.807, 2.05) is 32.0 Å². The van der Waals surface area contributed by atoms with E-state index < -0.39 is 15.9 Å². The van der Waals surface area contributed by atoms with E-state index in [0.717, 1.165) is 36.1 Å². The number of sulfonamides is 1. The van der Waals surface area contributed by atoms with E-state index in [2.05, 4.69) is 5.32 Å². The van der Waals surface area contributed by atoms with E-state index in [1.165, 1.54) is 16.4 Å². The minimum absolute atomic E-state index is 0.0712. The zero-order chi connectivity index (χ0) is 22.9. The summed E-state index contributed by atoms with van der Waals surface area (Å²) in [4.78, 5) is 27.2. The van der Waals surface area contributed by atoms with Crippen LogP contribution in [0.2, 0.25) is 0 Å². The molecular formula is C24H29N3O4S. The van der Waals surface area contributed by atoms with E-state index in [1.54, 1.807) is 17.0 Å². The number of amides is 2. The lowest BCUT2D eigenvalue weighted by atomic mass is 10.1. The number of benzene rings is 2. The van der Waals surface area contributed by atoms with Crippen molar-refractivity contribution in [3.63, 3.8) is 0 Å². The molecular weight excluding hydrogens is 426 g/mol. The smallest absolute Gasteiger partial charge is 0.243 e. The van der Waals surface area contributed by atoms with Gasteiger partial charge in [0.15, 0.2) is 0 Å². The van der Waals surface area contributed by atoms with Gasteiger partial charge in [0.05, 0.1) is 10.8 Å². The molecule has 170 valence electrons. The van der Waals surface area contributed by atoms with Crippen molar-refractivity contribution in [3.05, 3.63) is 53.6 Å². The molecule has 0 saturated carbocycles. The van der Waals surface area contributed by atoms with Gasteiger partial charge >= 0.3 is 0 Å². The van der Waals surface area contributed by atoms with Gasteiger partial charge in [-0.2, -0.15) is 4.31 Å². The van der Waals surface area contributed by atoms with Crippen molar-refractivity contribution in [3.8, 4) is 0 Å². The molecule has 2 aromatic rings. The van der Waals surface area contributed by atoms with E-state index in [-0.39, 0.29) is 23.1 Å². The van der Waals surface area contributed by atoms with Crippen molar-refractivity contribution in [1.82, 2.24) is 4.31 Å². The van der Waals surface area contributed by atoms with Crippen molar-refractivity contribution in [2.45, 2.75) is 44.4 Å². The molecule has 1 unspecified atom stereocenters. The second kappa shape index (κ2) is 9.03. The number of rotatable bonds is 5. The van der Waals surface area contributed by atoms with Crippen LogP contribution in [0.15, 0.2) is 47.4 Å². The Balaban J connectivity index is 1.41. The zero-order valence-electron chi connectivity index (χ0n) is 18.5. The Morgan fingerprint density at radius 3 is 2.22 bits per heavy atom. The lowest BCUT2D eigenvalue weighted by molar-refractivity contribution is -0.122. The summed E-state index contributed by atoms with van der Waals surface area (Å²) in [6.45, 7) is 5.39. The van der Waals surface area contributed by atoms with Crippen LogP contribution in [-0.2, 0) is 19.6 Å². The number of carbonyl (C=O) groups excluding carboxylic acids is 2. The lowest BCUT2D eigenvalue weighted by Crippen LogP contribution is -2.35. The number of carbonyl (C=O) groups is 2. The van der Waals surface area contributed by atoms with Gasteiger partial charge in [0.1, 0.15) is 0 Å². The molecule has 8 heteroatoms. The molecule has 0 aliphatic carbocycles. The minimum atomic E-state index is -3.51. The molecule has 0 bridgehead atoms. The van der Waals surface area contributed by atoms with Crippen molar-refractivity contribution < 1.29 is 18.0 Å². The zero-order valence-corrected chi connectivity index (χ0v) is 19.3. The van der Waals surface area contributed by atoms with Crippen molar-refractivity contribution in [1.29, 1.82) is 0 Å². The van der Waals surface area contributed by atoms with E-state index in [0.29, 0.717) is 25.3 Å². The van der Waals surface area contributed by atoms with Crippen LogP contribution in [0.4, 0.5) is 11.4 Å². The summed E-state index contributed by atoms with van der Waals surface area (Å²) in [6.07, 6.45) is 2.97. The van der Waals surface area contributed by atoms with Crippen molar-refractivity contribution >= 4 is 33.2 Å². The molecule has 2 aliphatic heterocycles. The summed E-state index contributed by atoms with van der Waals surface area (Å²) in [5, 5.41) is 2.83. The fourth-order valence-corrected chi connectivity index (χ4v) is 5.97. The highest BCUT2D eigenvalue weighted by Gasteiger charge is 2.35. The van der Waals surface area contributed by atoms with Gasteiger partial charge in [-0.15, -0.1) is 0 Å². The molecule has 4 rings (SSSR count). The van der Waals surface area contributed by atoms with Crippen LogP contribution < -0.4 is 10.2 Å². The van der Waals surface area contributed by atoms with Gasteiger partial charge in [0.25, 0.3) is 0 Å². The van der Waals surface area contributed by atoms with Gasteiger partial charge in [-0.1, -0.05) is 12.5 Å². The predicted octanol–water partition coefficient (Wildman–Crippen LogP) is 3.47. The first-order valence-electron chi connectivity index (χ1n) is 11.0. The van der Waals surface area contributed by atoms with Crippen LogP contribution in [0.1, 0.15) is 36.8 Å². The number of anilines is 2. The highest BCUT2D eigenvalue weighted by molar-refractivity contribution is 7.89. The van der Waals surface area contributed by atoms with Crippen LogP contribution in [0.3, 0.4) is 0 Å². The number of aryl methyl sites for hydroxylation is 2. The fraction of sp³-hybridized carbons (Fsp3) is 0.417. The molecule has 32 heavy (non-hydrogen) atoms. The minimum Gasteiger partial charge on any atom is -0.326 e. The fourth-order valence-electron chi connectivity index (χ4n) is 4.45. The van der Waals surface area contributed by atoms with Gasteiger partial charge in [-0.05, 0) is 74.2 Å². The predicted molar refractivity (Wildman–Crippen MR) is 124 cm³/mol. The van der Waals surface area contributed by atoms with Gasteiger partial charge in [0.2, 0.25) is 21.8 Å². The Hall–Kier alpha value is -2.71. The highest BCUT2D eigenvalue weighted by atomic mass is 32.2.